The molecule has 1 N–H and O–H groups in total. The Bertz CT molecular complexity index is 554. The van der Waals surface area contributed by atoms with Gasteiger partial charge in [-0.25, -0.2) is 13.1 Å². The van der Waals surface area contributed by atoms with Gasteiger partial charge in [-0.1, -0.05) is 23.2 Å². The molecule has 0 aromatic heterocycles. The molecule has 0 unspecified atom stereocenters. The van der Waals surface area contributed by atoms with E-state index < -0.39 is 10.0 Å². The molecule has 0 aliphatic heterocycles. The van der Waals surface area contributed by atoms with E-state index in [1.54, 1.807) is 19.9 Å². The third-order valence-corrected chi connectivity index (χ3v) is 5.70. The number of hydrogen-bond acceptors (Lipinski definition) is 2. The lowest BCUT2D eigenvalue weighted by atomic mass is 10.2. The molecule has 1 saturated carbocycles. The van der Waals surface area contributed by atoms with E-state index in [0.717, 1.165) is 12.8 Å². The van der Waals surface area contributed by atoms with Crippen LogP contribution in [-0.2, 0) is 10.0 Å². The van der Waals surface area contributed by atoms with Gasteiger partial charge in [0.05, 0.1) is 5.02 Å². The van der Waals surface area contributed by atoms with Crippen molar-refractivity contribution < 1.29 is 8.42 Å². The second-order valence-electron chi connectivity index (χ2n) is 4.74. The molecule has 2 rings (SSSR count). The summed E-state index contributed by atoms with van der Waals surface area (Å²) in [6.07, 6.45) is 2.17. The molecule has 0 radical (unpaired) electrons. The van der Waals surface area contributed by atoms with Gasteiger partial charge in [-0.15, -0.1) is 0 Å². The van der Waals surface area contributed by atoms with Crippen LogP contribution in [0.4, 0.5) is 0 Å². The molecule has 1 aliphatic rings. The fourth-order valence-corrected chi connectivity index (χ4v) is 4.08. The van der Waals surface area contributed by atoms with E-state index >= 15 is 0 Å². The molecule has 1 fully saturated rings. The van der Waals surface area contributed by atoms with Gasteiger partial charge >= 0.3 is 0 Å². The minimum absolute atomic E-state index is 0.106. The maximum Gasteiger partial charge on any atom is 0.242 e. The van der Waals surface area contributed by atoms with Crippen molar-refractivity contribution in [2.75, 3.05) is 6.54 Å². The summed E-state index contributed by atoms with van der Waals surface area (Å²) in [4.78, 5) is 0.106. The Morgan fingerprint density at radius 3 is 2.50 bits per heavy atom. The number of benzene rings is 1. The lowest BCUT2D eigenvalue weighted by Gasteiger charge is -2.13. The minimum atomic E-state index is -3.59. The predicted octanol–water partition coefficient (Wildman–Crippen LogP) is 3.30. The molecule has 0 heterocycles. The van der Waals surface area contributed by atoms with Gasteiger partial charge in [-0.05, 0) is 49.8 Å². The van der Waals surface area contributed by atoms with Crippen LogP contribution in [0.25, 0.3) is 0 Å². The van der Waals surface area contributed by atoms with Gasteiger partial charge in [-0.3, -0.25) is 0 Å². The molecule has 6 heteroatoms. The molecule has 1 aromatic carbocycles. The van der Waals surface area contributed by atoms with Crippen molar-refractivity contribution in [3.8, 4) is 0 Å². The highest BCUT2D eigenvalue weighted by Crippen LogP contribution is 2.34. The first-order chi connectivity index (χ1) is 8.33. The molecular formula is C12H15Cl2NO2S. The van der Waals surface area contributed by atoms with Crippen LogP contribution in [-0.4, -0.2) is 15.0 Å². The van der Waals surface area contributed by atoms with Gasteiger partial charge in [0.25, 0.3) is 0 Å². The topological polar surface area (TPSA) is 46.2 Å². The van der Waals surface area contributed by atoms with E-state index in [9.17, 15) is 8.42 Å². The van der Waals surface area contributed by atoms with Crippen molar-refractivity contribution in [1.29, 1.82) is 0 Å². The number of sulfonamides is 1. The van der Waals surface area contributed by atoms with Crippen molar-refractivity contribution in [3.63, 3.8) is 0 Å². The van der Waals surface area contributed by atoms with E-state index in [2.05, 4.69) is 4.72 Å². The van der Waals surface area contributed by atoms with E-state index in [0.29, 0.717) is 28.6 Å². The standard InChI is InChI=1S/C12H15Cl2NO2S/c1-7-5-10(13)8(2)12(11(7)14)18(16,17)15-6-9-3-4-9/h5,9,15H,3-4,6H2,1-2H3. The Balaban J connectivity index is 2.41. The molecule has 3 nitrogen and oxygen atoms in total. The second kappa shape index (κ2) is 5.00. The normalized spacial score (nSPS) is 16.0. The number of aryl methyl sites for hydroxylation is 1. The number of hydrogen-bond donors (Lipinski definition) is 1. The van der Waals surface area contributed by atoms with Crippen LogP contribution < -0.4 is 4.72 Å². The molecule has 100 valence electrons. The third kappa shape index (κ3) is 2.82. The molecule has 1 aromatic rings. The van der Waals surface area contributed by atoms with Crippen molar-refractivity contribution in [2.24, 2.45) is 5.92 Å². The van der Waals surface area contributed by atoms with Gasteiger partial charge in [0.1, 0.15) is 4.90 Å². The van der Waals surface area contributed by atoms with E-state index in [4.69, 9.17) is 23.2 Å². The molecule has 0 saturated heterocycles. The fourth-order valence-electron chi connectivity index (χ4n) is 1.76. The number of rotatable bonds is 4. The molecule has 0 atom stereocenters. The van der Waals surface area contributed by atoms with Crippen LogP contribution in [0.3, 0.4) is 0 Å². The van der Waals surface area contributed by atoms with Gasteiger partial charge < -0.3 is 0 Å². The summed E-state index contributed by atoms with van der Waals surface area (Å²) >= 11 is 12.1. The first-order valence-corrected chi connectivity index (χ1v) is 8.01. The van der Waals surface area contributed by atoms with Gasteiger partial charge in [0.15, 0.2) is 0 Å². The average molecular weight is 308 g/mol. The first-order valence-electron chi connectivity index (χ1n) is 5.78. The Kier molecular flexibility index (Phi) is 3.93. The highest BCUT2D eigenvalue weighted by atomic mass is 35.5. The Morgan fingerprint density at radius 2 is 1.94 bits per heavy atom. The highest BCUT2D eigenvalue weighted by molar-refractivity contribution is 7.89. The van der Waals surface area contributed by atoms with E-state index in [1.165, 1.54) is 0 Å². The van der Waals surface area contributed by atoms with Crippen LogP contribution in [0, 0.1) is 19.8 Å². The molecular weight excluding hydrogens is 293 g/mol. The SMILES string of the molecule is Cc1cc(Cl)c(C)c(S(=O)(=O)NCC2CC2)c1Cl. The van der Waals surface area contributed by atoms with Crippen LogP contribution in [0.1, 0.15) is 24.0 Å². The monoisotopic (exact) mass is 307 g/mol. The Morgan fingerprint density at radius 1 is 1.33 bits per heavy atom. The maximum atomic E-state index is 12.3. The van der Waals surface area contributed by atoms with E-state index in [-0.39, 0.29) is 9.92 Å². The second-order valence-corrected chi connectivity index (χ2v) is 7.23. The lowest BCUT2D eigenvalue weighted by Crippen LogP contribution is -2.27. The summed E-state index contributed by atoms with van der Waals surface area (Å²) < 4.78 is 27.1. The van der Waals surface area contributed by atoms with Crippen LogP contribution >= 0.6 is 23.2 Å². The summed E-state index contributed by atoms with van der Waals surface area (Å²) in [6.45, 7) is 3.89. The highest BCUT2D eigenvalue weighted by Gasteiger charge is 2.27. The molecule has 18 heavy (non-hydrogen) atoms. The number of nitrogens with one attached hydrogen (secondary N) is 1. The summed E-state index contributed by atoms with van der Waals surface area (Å²) in [6, 6.07) is 1.68. The smallest absolute Gasteiger partial charge is 0.211 e. The zero-order chi connectivity index (χ0) is 13.5. The molecule has 0 spiro atoms. The third-order valence-electron chi connectivity index (χ3n) is 3.12. The average Bonchev–Trinajstić information content (AvgIpc) is 3.08. The Labute approximate surface area is 118 Å². The maximum absolute atomic E-state index is 12.3. The Hall–Kier alpha value is -0.290. The van der Waals surface area contributed by atoms with Crippen molar-refractivity contribution in [3.05, 3.63) is 27.2 Å². The summed E-state index contributed by atoms with van der Waals surface area (Å²) in [7, 11) is -3.59. The zero-order valence-corrected chi connectivity index (χ0v) is 12.6. The minimum Gasteiger partial charge on any atom is -0.211 e. The van der Waals surface area contributed by atoms with Crippen LogP contribution in [0.15, 0.2) is 11.0 Å². The number of halogens is 2. The van der Waals surface area contributed by atoms with Gasteiger partial charge in [0.2, 0.25) is 10.0 Å². The van der Waals surface area contributed by atoms with Crippen LogP contribution in [0.2, 0.25) is 10.0 Å². The fraction of sp³-hybridized carbons (Fsp3) is 0.500. The zero-order valence-electron chi connectivity index (χ0n) is 10.3. The van der Waals surface area contributed by atoms with Gasteiger partial charge in [-0.2, -0.15) is 0 Å². The summed E-state index contributed by atoms with van der Waals surface area (Å²) in [5.41, 5.74) is 1.16. The van der Waals surface area contributed by atoms with Gasteiger partial charge in [0, 0.05) is 11.6 Å². The largest absolute Gasteiger partial charge is 0.242 e. The van der Waals surface area contributed by atoms with Crippen molar-refractivity contribution >= 4 is 33.2 Å². The van der Waals surface area contributed by atoms with E-state index in [1.807, 2.05) is 0 Å². The lowest BCUT2D eigenvalue weighted by molar-refractivity contribution is 0.577. The molecule has 0 amide bonds. The summed E-state index contributed by atoms with van der Waals surface area (Å²) in [5.74, 6) is 0.471. The molecule has 1 aliphatic carbocycles. The van der Waals surface area contributed by atoms with Crippen molar-refractivity contribution in [2.45, 2.75) is 31.6 Å². The van der Waals surface area contributed by atoms with Crippen LogP contribution in [0.5, 0.6) is 0 Å². The molecule has 0 bridgehead atoms. The summed E-state index contributed by atoms with van der Waals surface area (Å²) in [5, 5.41) is 0.670. The quantitative estimate of drug-likeness (QED) is 0.927. The first kappa shape index (κ1) is 14.1. The van der Waals surface area contributed by atoms with Crippen molar-refractivity contribution in [1.82, 2.24) is 4.72 Å². The predicted molar refractivity (Wildman–Crippen MR) is 73.8 cm³/mol.